The van der Waals surface area contributed by atoms with Crippen LogP contribution in [0.15, 0.2) is 12.2 Å². The molecule has 0 aliphatic rings. The van der Waals surface area contributed by atoms with Gasteiger partial charge in [0, 0.05) is 0 Å². The number of hydrogen-bond acceptors (Lipinski definition) is 0. The van der Waals surface area contributed by atoms with Crippen LogP contribution in [-0.2, 0) is 0 Å². The van der Waals surface area contributed by atoms with Crippen molar-refractivity contribution in [2.24, 2.45) is 0 Å². The number of rotatable bonds is 13. The second kappa shape index (κ2) is 15.6. The van der Waals surface area contributed by atoms with Crippen LogP contribution in [0.25, 0.3) is 0 Å². The minimum atomic E-state index is -0.168. The molecule has 0 rings (SSSR count). The molecule has 0 aromatic rings. The Morgan fingerprint density at radius 1 is 0.471 bits per heavy atom. The molecule has 0 aromatic carbocycles. The van der Waals surface area contributed by atoms with E-state index in [2.05, 4.69) is 12.2 Å². The predicted molar refractivity (Wildman–Crippen MR) is 71.9 cm³/mol. The highest BCUT2D eigenvalue weighted by Crippen LogP contribution is 2.07. The fraction of sp³-hybridized carbons (Fsp3) is 0.867. The van der Waals surface area contributed by atoms with Crippen molar-refractivity contribution >= 4 is 0 Å². The summed E-state index contributed by atoms with van der Waals surface area (Å²) < 4.78 is 23.6. The first-order valence-electron chi connectivity index (χ1n) is 7.18. The molecular weight excluding hydrogens is 218 g/mol. The van der Waals surface area contributed by atoms with E-state index in [1.807, 2.05) is 0 Å². The lowest BCUT2D eigenvalue weighted by Gasteiger charge is -1.97. The highest BCUT2D eigenvalue weighted by Gasteiger charge is 1.89. The summed E-state index contributed by atoms with van der Waals surface area (Å²) in [5, 5.41) is 0. The maximum absolute atomic E-state index is 11.8. The summed E-state index contributed by atoms with van der Waals surface area (Å²) in [6.45, 7) is -0.333. The van der Waals surface area contributed by atoms with Crippen LogP contribution >= 0.6 is 0 Å². The van der Waals surface area contributed by atoms with Crippen LogP contribution < -0.4 is 0 Å². The van der Waals surface area contributed by atoms with Crippen LogP contribution in [0.4, 0.5) is 8.78 Å². The molecule has 0 fully saturated rings. The molecule has 0 N–H and O–H groups in total. The number of alkyl halides is 2. The lowest BCUT2D eigenvalue weighted by Crippen LogP contribution is -1.80. The number of halogens is 2. The van der Waals surface area contributed by atoms with Gasteiger partial charge in [0.25, 0.3) is 0 Å². The lowest BCUT2D eigenvalue weighted by atomic mass is 10.1. The summed E-state index contributed by atoms with van der Waals surface area (Å²) in [5.41, 5.74) is 0. The molecule has 0 aromatic heterocycles. The Kier molecular flexibility index (Phi) is 15.2. The average molecular weight is 246 g/mol. The molecule has 0 saturated heterocycles. The molecule has 0 saturated carbocycles. The topological polar surface area (TPSA) is 0 Å². The van der Waals surface area contributed by atoms with Gasteiger partial charge >= 0.3 is 0 Å². The van der Waals surface area contributed by atoms with Crippen LogP contribution in [0.2, 0.25) is 0 Å². The molecule has 0 unspecified atom stereocenters. The summed E-state index contributed by atoms with van der Waals surface area (Å²) in [4.78, 5) is 0. The zero-order chi connectivity index (χ0) is 12.6. The van der Waals surface area contributed by atoms with Gasteiger partial charge in [-0.2, -0.15) is 0 Å². The van der Waals surface area contributed by atoms with Crippen molar-refractivity contribution in [3.05, 3.63) is 12.2 Å². The van der Waals surface area contributed by atoms with Gasteiger partial charge in [0.2, 0.25) is 0 Å². The first kappa shape index (κ1) is 16.6. The maximum Gasteiger partial charge on any atom is 0.0894 e. The molecule has 2 heteroatoms. The Morgan fingerprint density at radius 3 is 1.24 bits per heavy atom. The molecule has 0 spiro atoms. The van der Waals surface area contributed by atoms with Crippen molar-refractivity contribution in [2.45, 2.75) is 70.6 Å². The summed E-state index contributed by atoms with van der Waals surface area (Å²) in [6.07, 6.45) is 16.3. The Labute approximate surface area is 105 Å². The smallest absolute Gasteiger partial charge is 0.0894 e. The van der Waals surface area contributed by atoms with Gasteiger partial charge in [-0.1, -0.05) is 44.3 Å². The zero-order valence-corrected chi connectivity index (χ0v) is 11.1. The third kappa shape index (κ3) is 15.6. The van der Waals surface area contributed by atoms with Crippen LogP contribution in [0.3, 0.4) is 0 Å². The van der Waals surface area contributed by atoms with Crippen LogP contribution in [0, 0.1) is 0 Å². The molecule has 17 heavy (non-hydrogen) atoms. The Bertz CT molecular complexity index is 155. The van der Waals surface area contributed by atoms with Crippen molar-refractivity contribution in [3.63, 3.8) is 0 Å². The molecule has 0 aliphatic carbocycles. The summed E-state index contributed by atoms with van der Waals surface area (Å²) >= 11 is 0. The SMILES string of the molecule is FCCCCCCC=CCCCCCCCF. The van der Waals surface area contributed by atoms with E-state index < -0.39 is 0 Å². The van der Waals surface area contributed by atoms with Crippen LogP contribution in [-0.4, -0.2) is 13.3 Å². The normalized spacial score (nSPS) is 11.4. The standard InChI is InChI=1S/C15H28F2/c16-14-12-10-8-6-4-2-1-3-5-7-9-11-13-15-17/h1-2H,3-15H2. The first-order valence-corrected chi connectivity index (χ1v) is 7.18. The Balaban J connectivity index is 2.99. The Morgan fingerprint density at radius 2 is 0.824 bits per heavy atom. The van der Waals surface area contributed by atoms with E-state index in [1.54, 1.807) is 0 Å². The van der Waals surface area contributed by atoms with E-state index in [4.69, 9.17) is 0 Å². The van der Waals surface area contributed by atoms with Gasteiger partial charge in [0.15, 0.2) is 0 Å². The largest absolute Gasteiger partial charge is 0.251 e. The molecule has 0 aliphatic heterocycles. The second-order valence-corrected chi connectivity index (χ2v) is 4.61. The van der Waals surface area contributed by atoms with E-state index in [0.29, 0.717) is 0 Å². The molecule has 0 amide bonds. The number of allylic oxidation sites excluding steroid dienone is 2. The van der Waals surface area contributed by atoms with Crippen molar-refractivity contribution < 1.29 is 8.78 Å². The molecule has 0 radical (unpaired) electrons. The summed E-state index contributed by atoms with van der Waals surface area (Å²) in [6, 6.07) is 0. The van der Waals surface area contributed by atoms with Gasteiger partial charge in [0.1, 0.15) is 0 Å². The predicted octanol–water partition coefficient (Wildman–Crippen LogP) is 5.77. The second-order valence-electron chi connectivity index (χ2n) is 4.61. The van der Waals surface area contributed by atoms with Gasteiger partial charge in [-0.3, -0.25) is 8.78 Å². The quantitative estimate of drug-likeness (QED) is 0.286. The molecule has 0 nitrogen and oxygen atoms in total. The number of hydrogen-bond donors (Lipinski definition) is 0. The molecule has 0 bridgehead atoms. The third-order valence-electron chi connectivity index (χ3n) is 2.93. The van der Waals surface area contributed by atoms with Gasteiger partial charge in [-0.05, 0) is 38.5 Å². The van der Waals surface area contributed by atoms with Crippen molar-refractivity contribution in [3.8, 4) is 0 Å². The van der Waals surface area contributed by atoms with Crippen LogP contribution in [0.1, 0.15) is 70.6 Å². The van der Waals surface area contributed by atoms with Crippen molar-refractivity contribution in [2.75, 3.05) is 13.3 Å². The fourth-order valence-electron chi connectivity index (χ4n) is 1.83. The van der Waals surface area contributed by atoms with Gasteiger partial charge in [-0.15, -0.1) is 0 Å². The van der Waals surface area contributed by atoms with Gasteiger partial charge in [0.05, 0.1) is 13.3 Å². The minimum Gasteiger partial charge on any atom is -0.251 e. The zero-order valence-electron chi connectivity index (χ0n) is 11.1. The van der Waals surface area contributed by atoms with E-state index >= 15 is 0 Å². The van der Waals surface area contributed by atoms with Crippen molar-refractivity contribution in [1.29, 1.82) is 0 Å². The van der Waals surface area contributed by atoms with E-state index in [-0.39, 0.29) is 13.3 Å². The highest BCUT2D eigenvalue weighted by atomic mass is 19.1. The molecular formula is C15H28F2. The van der Waals surface area contributed by atoms with Gasteiger partial charge in [-0.25, -0.2) is 0 Å². The van der Waals surface area contributed by atoms with Crippen LogP contribution in [0.5, 0.6) is 0 Å². The van der Waals surface area contributed by atoms with E-state index in [1.165, 1.54) is 25.7 Å². The summed E-state index contributed by atoms with van der Waals surface area (Å²) in [7, 11) is 0. The Hall–Kier alpha value is -0.400. The molecule has 0 heterocycles. The average Bonchev–Trinajstić information content (AvgIpc) is 2.35. The van der Waals surface area contributed by atoms with Crippen molar-refractivity contribution in [1.82, 2.24) is 0 Å². The summed E-state index contributed by atoms with van der Waals surface area (Å²) in [5.74, 6) is 0. The maximum atomic E-state index is 11.8. The minimum absolute atomic E-state index is 0.164. The number of unbranched alkanes of at least 4 members (excludes halogenated alkanes) is 9. The van der Waals surface area contributed by atoms with E-state index in [0.717, 1.165) is 44.9 Å². The molecule has 102 valence electrons. The third-order valence-corrected chi connectivity index (χ3v) is 2.93. The first-order chi connectivity index (χ1) is 8.41. The fourth-order valence-corrected chi connectivity index (χ4v) is 1.83. The lowest BCUT2D eigenvalue weighted by molar-refractivity contribution is 0.451. The van der Waals surface area contributed by atoms with Gasteiger partial charge < -0.3 is 0 Å². The van der Waals surface area contributed by atoms with E-state index in [9.17, 15) is 8.78 Å². The highest BCUT2D eigenvalue weighted by molar-refractivity contribution is 4.81. The monoisotopic (exact) mass is 246 g/mol. The molecule has 0 atom stereocenters.